The van der Waals surface area contributed by atoms with E-state index in [-0.39, 0.29) is 17.2 Å². The van der Waals surface area contributed by atoms with E-state index in [1.54, 1.807) is 24.3 Å². The molecule has 3 rings (SSSR count). The first-order valence-corrected chi connectivity index (χ1v) is 9.39. The molecule has 0 radical (unpaired) electrons. The van der Waals surface area contributed by atoms with E-state index in [9.17, 15) is 23.2 Å². The van der Waals surface area contributed by atoms with E-state index in [1.165, 1.54) is 33.3 Å². The summed E-state index contributed by atoms with van der Waals surface area (Å²) in [6.45, 7) is -2.13. The molecule has 11 heteroatoms. The fourth-order valence-electron chi connectivity index (χ4n) is 3.25. The van der Waals surface area contributed by atoms with Crippen LogP contribution in [0.2, 0.25) is 0 Å². The van der Waals surface area contributed by atoms with Crippen molar-refractivity contribution >= 4 is 23.5 Å². The first-order chi connectivity index (χ1) is 15.2. The molecule has 0 bridgehead atoms. The van der Waals surface area contributed by atoms with Gasteiger partial charge in [-0.05, 0) is 36.8 Å². The molecule has 1 unspecified atom stereocenters. The maximum atomic E-state index is 13.0. The van der Waals surface area contributed by atoms with Gasteiger partial charge in [0.25, 0.3) is 5.91 Å². The summed E-state index contributed by atoms with van der Waals surface area (Å²) in [6, 6.07) is 9.74. The summed E-state index contributed by atoms with van der Waals surface area (Å²) in [5.41, 5.74) is -0.720. The minimum Gasteiger partial charge on any atom is -0.497 e. The lowest BCUT2D eigenvalue weighted by Crippen LogP contribution is -2.42. The standard InChI is InChI=1S/C21H21F2N3O6/c1-21(12-4-7-14(30-2)8-5-12)18(28)26(20(29)25-21)11-17(27)24-13-6-9-15(31-3)16(10-13)32-19(22)23/h4-10,19H,11H2,1-3H3,(H,24,27)(H,25,29). The number of halogens is 2. The molecule has 2 N–H and O–H groups in total. The number of hydrogen-bond acceptors (Lipinski definition) is 6. The number of alkyl halides is 2. The molecular weight excluding hydrogens is 428 g/mol. The Kier molecular flexibility index (Phi) is 6.47. The molecule has 2 aromatic carbocycles. The number of ether oxygens (including phenoxy) is 3. The number of nitrogens with zero attached hydrogens (tertiary/aromatic N) is 1. The molecular formula is C21H21F2N3O6. The number of anilines is 1. The Labute approximate surface area is 182 Å². The van der Waals surface area contributed by atoms with Crippen molar-refractivity contribution in [1.82, 2.24) is 10.2 Å². The van der Waals surface area contributed by atoms with E-state index in [1.807, 2.05) is 0 Å². The van der Waals surface area contributed by atoms with Crippen LogP contribution in [0.5, 0.6) is 17.2 Å². The molecule has 1 aliphatic heterocycles. The van der Waals surface area contributed by atoms with E-state index in [0.29, 0.717) is 11.3 Å². The zero-order chi connectivity index (χ0) is 23.5. The average Bonchev–Trinajstić information content (AvgIpc) is 2.97. The Hall–Kier alpha value is -3.89. The van der Waals surface area contributed by atoms with Crippen LogP contribution in [0.25, 0.3) is 0 Å². The Bertz CT molecular complexity index is 1030. The SMILES string of the molecule is COc1ccc(C2(C)NC(=O)N(CC(=O)Nc3ccc(OC)c(OC(F)F)c3)C2=O)cc1. The summed E-state index contributed by atoms with van der Waals surface area (Å²) in [5, 5.41) is 5.04. The lowest BCUT2D eigenvalue weighted by Gasteiger charge is -2.22. The number of rotatable bonds is 8. The molecule has 1 aliphatic rings. The van der Waals surface area contributed by atoms with E-state index >= 15 is 0 Å². The summed E-state index contributed by atoms with van der Waals surface area (Å²) >= 11 is 0. The predicted molar refractivity (Wildman–Crippen MR) is 109 cm³/mol. The zero-order valence-electron chi connectivity index (χ0n) is 17.5. The van der Waals surface area contributed by atoms with Gasteiger partial charge in [-0.2, -0.15) is 8.78 Å². The number of benzene rings is 2. The van der Waals surface area contributed by atoms with E-state index in [0.717, 1.165) is 11.0 Å². The van der Waals surface area contributed by atoms with Crippen molar-refractivity contribution in [1.29, 1.82) is 0 Å². The summed E-state index contributed by atoms with van der Waals surface area (Å²) in [6.07, 6.45) is 0. The van der Waals surface area contributed by atoms with Crippen LogP contribution in [0.1, 0.15) is 12.5 Å². The van der Waals surface area contributed by atoms with E-state index in [4.69, 9.17) is 9.47 Å². The Morgan fingerprint density at radius 3 is 2.38 bits per heavy atom. The van der Waals surface area contributed by atoms with Crippen LogP contribution >= 0.6 is 0 Å². The quantitative estimate of drug-likeness (QED) is 0.601. The molecule has 0 aromatic heterocycles. The molecule has 1 saturated heterocycles. The molecule has 32 heavy (non-hydrogen) atoms. The van der Waals surface area contributed by atoms with Gasteiger partial charge in [-0.1, -0.05) is 12.1 Å². The molecule has 0 aliphatic carbocycles. The zero-order valence-corrected chi connectivity index (χ0v) is 17.5. The third kappa shape index (κ3) is 4.56. The summed E-state index contributed by atoms with van der Waals surface area (Å²) in [4.78, 5) is 38.6. The Morgan fingerprint density at radius 1 is 1.09 bits per heavy atom. The van der Waals surface area contributed by atoms with Crippen molar-refractivity contribution in [3.05, 3.63) is 48.0 Å². The van der Waals surface area contributed by atoms with E-state index < -0.39 is 36.5 Å². The van der Waals surface area contributed by atoms with E-state index in [2.05, 4.69) is 15.4 Å². The highest BCUT2D eigenvalue weighted by Crippen LogP contribution is 2.32. The molecule has 1 atom stereocenters. The molecule has 0 saturated carbocycles. The summed E-state index contributed by atoms with van der Waals surface area (Å²) in [5.74, 6) is -0.963. The maximum Gasteiger partial charge on any atom is 0.387 e. The minimum absolute atomic E-state index is 0.0488. The molecule has 1 fully saturated rings. The van der Waals surface area contributed by atoms with Gasteiger partial charge >= 0.3 is 12.6 Å². The topological polar surface area (TPSA) is 106 Å². The van der Waals surface area contributed by atoms with Crippen LogP contribution in [0, 0.1) is 0 Å². The molecule has 4 amide bonds. The van der Waals surface area contributed by atoms with Crippen LogP contribution < -0.4 is 24.8 Å². The van der Waals surface area contributed by atoms with Gasteiger partial charge < -0.3 is 24.8 Å². The highest BCUT2D eigenvalue weighted by Gasteiger charge is 2.49. The van der Waals surface area contributed by atoms with Crippen LogP contribution in [-0.4, -0.2) is 50.1 Å². The van der Waals surface area contributed by atoms with Crippen molar-refractivity contribution in [2.75, 3.05) is 26.1 Å². The van der Waals surface area contributed by atoms with Gasteiger partial charge in [0.2, 0.25) is 5.91 Å². The highest BCUT2D eigenvalue weighted by atomic mass is 19.3. The number of methoxy groups -OCH3 is 2. The van der Waals surface area contributed by atoms with Crippen LogP contribution in [0.15, 0.2) is 42.5 Å². The number of carbonyl (C=O) groups excluding carboxylic acids is 3. The smallest absolute Gasteiger partial charge is 0.387 e. The largest absolute Gasteiger partial charge is 0.497 e. The molecule has 9 nitrogen and oxygen atoms in total. The second-order valence-electron chi connectivity index (χ2n) is 6.97. The van der Waals surface area contributed by atoms with Crippen LogP contribution in [0.4, 0.5) is 19.3 Å². The van der Waals surface area contributed by atoms with Gasteiger partial charge in [-0.15, -0.1) is 0 Å². The second-order valence-corrected chi connectivity index (χ2v) is 6.97. The van der Waals surface area contributed by atoms with Crippen molar-refractivity contribution in [2.24, 2.45) is 0 Å². The second kappa shape index (κ2) is 9.08. The minimum atomic E-state index is -3.09. The number of hydrogen-bond donors (Lipinski definition) is 2. The molecule has 0 spiro atoms. The van der Waals surface area contributed by atoms with Gasteiger partial charge in [0.05, 0.1) is 14.2 Å². The average molecular weight is 449 g/mol. The predicted octanol–water partition coefficient (Wildman–Crippen LogP) is 2.71. The molecule has 1 heterocycles. The lowest BCUT2D eigenvalue weighted by atomic mass is 9.92. The van der Waals surface area contributed by atoms with Gasteiger partial charge in [-0.25, -0.2) is 4.79 Å². The van der Waals surface area contributed by atoms with Crippen LogP contribution in [0.3, 0.4) is 0 Å². The first kappa shape index (κ1) is 22.8. The number of carbonyl (C=O) groups is 3. The van der Waals surface area contributed by atoms with Crippen molar-refractivity contribution < 1.29 is 37.4 Å². The van der Waals surface area contributed by atoms with Crippen molar-refractivity contribution in [3.8, 4) is 17.2 Å². The third-order valence-corrected chi connectivity index (χ3v) is 4.91. The number of nitrogens with one attached hydrogen (secondary N) is 2. The van der Waals surface area contributed by atoms with Gasteiger partial charge in [0.15, 0.2) is 11.5 Å². The normalized spacial score (nSPS) is 17.9. The van der Waals surface area contributed by atoms with Gasteiger partial charge in [0.1, 0.15) is 17.8 Å². The molecule has 2 aromatic rings. The highest BCUT2D eigenvalue weighted by molar-refractivity contribution is 6.10. The number of amides is 4. The fraction of sp³-hybridized carbons (Fsp3) is 0.286. The number of imide groups is 1. The summed E-state index contributed by atoms with van der Waals surface area (Å²) in [7, 11) is 2.79. The summed E-state index contributed by atoms with van der Waals surface area (Å²) < 4.78 is 39.6. The van der Waals surface area contributed by atoms with Crippen molar-refractivity contribution in [2.45, 2.75) is 19.1 Å². The third-order valence-electron chi connectivity index (χ3n) is 4.91. The Morgan fingerprint density at radius 2 is 1.78 bits per heavy atom. The van der Waals surface area contributed by atoms with Gasteiger partial charge in [-0.3, -0.25) is 14.5 Å². The van der Waals surface area contributed by atoms with Crippen molar-refractivity contribution in [3.63, 3.8) is 0 Å². The Balaban J connectivity index is 1.72. The molecule has 170 valence electrons. The monoisotopic (exact) mass is 449 g/mol. The van der Waals surface area contributed by atoms with Crippen LogP contribution in [-0.2, 0) is 15.1 Å². The maximum absolute atomic E-state index is 13.0. The first-order valence-electron chi connectivity index (χ1n) is 9.39. The number of urea groups is 1. The lowest BCUT2D eigenvalue weighted by molar-refractivity contribution is -0.133. The van der Waals surface area contributed by atoms with Gasteiger partial charge in [0, 0.05) is 11.8 Å². The fourth-order valence-corrected chi connectivity index (χ4v) is 3.25.